The van der Waals surface area contributed by atoms with Gasteiger partial charge in [-0.15, -0.1) is 0 Å². The van der Waals surface area contributed by atoms with Crippen molar-refractivity contribution >= 4 is 0 Å². The molecule has 1 nitrogen and oxygen atoms in total. The van der Waals surface area contributed by atoms with Gasteiger partial charge in [0, 0.05) is 6.04 Å². The van der Waals surface area contributed by atoms with Crippen molar-refractivity contribution in [2.75, 3.05) is 7.05 Å². The molecule has 2 rings (SSSR count). The molecule has 2 unspecified atom stereocenters. The quantitative estimate of drug-likeness (QED) is 0.820. The van der Waals surface area contributed by atoms with Crippen LogP contribution in [0.25, 0.3) is 0 Å². The fourth-order valence-corrected chi connectivity index (χ4v) is 3.06. The highest BCUT2D eigenvalue weighted by Gasteiger charge is 2.49. The molecule has 1 fully saturated rings. The second kappa shape index (κ2) is 5.05. The molecule has 0 bridgehead atoms. The second-order valence-corrected chi connectivity index (χ2v) is 6.91. The van der Waals surface area contributed by atoms with Gasteiger partial charge in [0.25, 0.3) is 0 Å². The Balaban J connectivity index is 2.16. The fraction of sp³-hybridized carbons (Fsp3) is 0.647. The Bertz CT molecular complexity index is 406. The summed E-state index contributed by atoms with van der Waals surface area (Å²) in [7, 11) is 2.09. The van der Waals surface area contributed by atoms with Gasteiger partial charge in [0.1, 0.15) is 0 Å². The first-order chi connectivity index (χ1) is 8.44. The lowest BCUT2D eigenvalue weighted by atomic mass is 9.94. The second-order valence-electron chi connectivity index (χ2n) is 6.91. The molecule has 0 amide bonds. The third kappa shape index (κ3) is 2.95. The molecule has 1 N–H and O–H groups in total. The Morgan fingerprint density at radius 1 is 1.33 bits per heavy atom. The van der Waals surface area contributed by atoms with Crippen LogP contribution in [0.15, 0.2) is 24.3 Å². The molecule has 1 aromatic carbocycles. The van der Waals surface area contributed by atoms with Crippen molar-refractivity contribution in [1.29, 1.82) is 0 Å². The van der Waals surface area contributed by atoms with Gasteiger partial charge in [-0.25, -0.2) is 0 Å². The summed E-state index contributed by atoms with van der Waals surface area (Å²) in [5.74, 6) is 1.52. The van der Waals surface area contributed by atoms with Crippen LogP contribution in [0.1, 0.15) is 51.3 Å². The number of benzene rings is 1. The SMILES string of the molecule is CNC(c1cccc(CC(C)C)c1)C1CC1(C)C. The van der Waals surface area contributed by atoms with Crippen molar-refractivity contribution in [3.05, 3.63) is 35.4 Å². The Morgan fingerprint density at radius 3 is 2.50 bits per heavy atom. The first kappa shape index (κ1) is 13.6. The minimum atomic E-state index is 0.516. The maximum atomic E-state index is 3.52. The lowest BCUT2D eigenvalue weighted by Crippen LogP contribution is -2.20. The molecule has 0 saturated heterocycles. The van der Waals surface area contributed by atoms with E-state index in [4.69, 9.17) is 0 Å². The van der Waals surface area contributed by atoms with E-state index in [1.807, 2.05) is 0 Å². The molecule has 1 saturated carbocycles. The lowest BCUT2D eigenvalue weighted by molar-refractivity contribution is 0.440. The topological polar surface area (TPSA) is 12.0 Å². The number of hydrogen-bond acceptors (Lipinski definition) is 1. The summed E-state index contributed by atoms with van der Waals surface area (Å²) in [5, 5.41) is 3.52. The van der Waals surface area contributed by atoms with E-state index in [1.54, 1.807) is 0 Å². The van der Waals surface area contributed by atoms with Gasteiger partial charge in [-0.2, -0.15) is 0 Å². The maximum Gasteiger partial charge on any atom is 0.0351 e. The van der Waals surface area contributed by atoms with Crippen LogP contribution >= 0.6 is 0 Å². The Kier molecular flexibility index (Phi) is 3.82. The third-order valence-corrected chi connectivity index (χ3v) is 4.26. The van der Waals surface area contributed by atoms with Gasteiger partial charge >= 0.3 is 0 Å². The maximum absolute atomic E-state index is 3.52. The number of rotatable bonds is 5. The van der Waals surface area contributed by atoms with Gasteiger partial charge in [0.15, 0.2) is 0 Å². The molecule has 0 aromatic heterocycles. The van der Waals surface area contributed by atoms with E-state index in [9.17, 15) is 0 Å². The predicted octanol–water partition coefficient (Wildman–Crippen LogP) is 4.19. The molecule has 1 aliphatic rings. The molecule has 1 heteroatoms. The lowest BCUT2D eigenvalue weighted by Gasteiger charge is -2.19. The minimum absolute atomic E-state index is 0.516. The predicted molar refractivity (Wildman–Crippen MR) is 78.7 cm³/mol. The fourth-order valence-electron chi connectivity index (χ4n) is 3.06. The van der Waals surface area contributed by atoms with Crippen molar-refractivity contribution in [1.82, 2.24) is 5.32 Å². The van der Waals surface area contributed by atoms with Crippen LogP contribution in [-0.2, 0) is 6.42 Å². The van der Waals surface area contributed by atoms with Gasteiger partial charge < -0.3 is 5.32 Å². The molecule has 2 atom stereocenters. The zero-order valence-electron chi connectivity index (χ0n) is 12.5. The van der Waals surface area contributed by atoms with Crippen LogP contribution in [0.4, 0.5) is 0 Å². The van der Waals surface area contributed by atoms with Crippen molar-refractivity contribution in [2.24, 2.45) is 17.3 Å². The van der Waals surface area contributed by atoms with Crippen LogP contribution in [0, 0.1) is 17.3 Å². The highest BCUT2D eigenvalue weighted by atomic mass is 14.9. The van der Waals surface area contributed by atoms with Gasteiger partial charge in [-0.1, -0.05) is 52.0 Å². The van der Waals surface area contributed by atoms with Crippen LogP contribution < -0.4 is 5.32 Å². The van der Waals surface area contributed by atoms with Gasteiger partial charge in [-0.05, 0) is 48.3 Å². The van der Waals surface area contributed by atoms with Crippen molar-refractivity contribution in [3.8, 4) is 0 Å². The van der Waals surface area contributed by atoms with E-state index in [0.717, 1.165) is 11.8 Å². The summed E-state index contributed by atoms with van der Waals surface area (Å²) in [6.45, 7) is 9.32. The molecule has 0 heterocycles. The smallest absolute Gasteiger partial charge is 0.0351 e. The highest BCUT2D eigenvalue weighted by molar-refractivity contribution is 5.28. The van der Waals surface area contributed by atoms with Gasteiger partial charge in [0.05, 0.1) is 0 Å². The molecule has 1 aromatic rings. The molecule has 0 spiro atoms. The molecular weight excluding hydrogens is 218 g/mol. The highest BCUT2D eigenvalue weighted by Crippen LogP contribution is 2.57. The normalized spacial score (nSPS) is 23.1. The monoisotopic (exact) mass is 245 g/mol. The average Bonchev–Trinajstić information content (AvgIpc) is 2.88. The third-order valence-electron chi connectivity index (χ3n) is 4.26. The zero-order valence-corrected chi connectivity index (χ0v) is 12.5. The first-order valence-corrected chi connectivity index (χ1v) is 7.20. The molecule has 0 aliphatic heterocycles. The molecule has 0 radical (unpaired) electrons. The van der Waals surface area contributed by atoms with E-state index in [-0.39, 0.29) is 0 Å². The van der Waals surface area contributed by atoms with Crippen molar-refractivity contribution < 1.29 is 0 Å². The Morgan fingerprint density at radius 2 is 2.00 bits per heavy atom. The molecule has 1 aliphatic carbocycles. The van der Waals surface area contributed by atoms with Gasteiger partial charge in [0.2, 0.25) is 0 Å². The Labute approximate surface area is 112 Å². The summed E-state index contributed by atoms with van der Waals surface area (Å²) in [6, 6.07) is 9.67. The Hall–Kier alpha value is -0.820. The summed E-state index contributed by atoms with van der Waals surface area (Å²) < 4.78 is 0. The summed E-state index contributed by atoms with van der Waals surface area (Å²) >= 11 is 0. The minimum Gasteiger partial charge on any atom is -0.313 e. The van der Waals surface area contributed by atoms with E-state index < -0.39 is 0 Å². The summed E-state index contributed by atoms with van der Waals surface area (Å²) in [5.41, 5.74) is 3.45. The van der Waals surface area contributed by atoms with E-state index in [0.29, 0.717) is 11.5 Å². The van der Waals surface area contributed by atoms with Crippen molar-refractivity contribution in [2.45, 2.75) is 46.6 Å². The van der Waals surface area contributed by atoms with Crippen LogP contribution in [-0.4, -0.2) is 7.05 Å². The molecule has 18 heavy (non-hydrogen) atoms. The van der Waals surface area contributed by atoms with Gasteiger partial charge in [-0.3, -0.25) is 0 Å². The van der Waals surface area contributed by atoms with E-state index in [2.05, 4.69) is 64.3 Å². The summed E-state index contributed by atoms with van der Waals surface area (Å²) in [6.07, 6.45) is 2.52. The van der Waals surface area contributed by atoms with Crippen molar-refractivity contribution in [3.63, 3.8) is 0 Å². The molecular formula is C17H27N. The van der Waals surface area contributed by atoms with E-state index in [1.165, 1.54) is 24.0 Å². The number of nitrogens with one attached hydrogen (secondary N) is 1. The van der Waals surface area contributed by atoms with Crippen LogP contribution in [0.5, 0.6) is 0 Å². The van der Waals surface area contributed by atoms with E-state index >= 15 is 0 Å². The zero-order chi connectivity index (χ0) is 13.3. The van der Waals surface area contributed by atoms with Crippen LogP contribution in [0.3, 0.4) is 0 Å². The number of hydrogen-bond donors (Lipinski definition) is 1. The molecule has 100 valence electrons. The standard InChI is InChI=1S/C17H27N/c1-12(2)9-13-7-6-8-14(10-13)16(18-5)15-11-17(15,3)4/h6-8,10,12,15-16,18H,9,11H2,1-5H3. The van der Waals surface area contributed by atoms with Crippen LogP contribution in [0.2, 0.25) is 0 Å². The first-order valence-electron chi connectivity index (χ1n) is 7.20. The summed E-state index contributed by atoms with van der Waals surface area (Å²) in [4.78, 5) is 0. The average molecular weight is 245 g/mol. The largest absolute Gasteiger partial charge is 0.313 e.